The van der Waals surface area contributed by atoms with Gasteiger partial charge in [-0.15, -0.1) is 0 Å². The number of fused-ring (bicyclic) bond motifs is 3. The lowest BCUT2D eigenvalue weighted by Gasteiger charge is -2.45. The maximum absolute atomic E-state index is 12.3. The van der Waals surface area contributed by atoms with E-state index in [0.29, 0.717) is 6.42 Å². The molecule has 14 heteroatoms. The molecule has 13 unspecified atom stereocenters. The lowest BCUT2D eigenvalue weighted by molar-refractivity contribution is -0.308. The second kappa shape index (κ2) is 16.6. The molecule has 4 heterocycles. The fraction of sp³-hybridized carbons (Fsp3) is 0.636. The van der Waals surface area contributed by atoms with Gasteiger partial charge < -0.3 is 60.1 Å². The molecule has 0 radical (unpaired) electrons. The van der Waals surface area contributed by atoms with Gasteiger partial charge in [0, 0.05) is 38.2 Å². The third-order valence-electron chi connectivity index (χ3n) is 8.58. The normalized spacial score (nSPS) is 43.8. The minimum absolute atomic E-state index is 0.0789. The Labute approximate surface area is 273 Å². The van der Waals surface area contributed by atoms with E-state index >= 15 is 0 Å². The molecule has 3 saturated heterocycles. The number of hydrogen-bond donors (Lipinski definition) is 7. The van der Waals surface area contributed by atoms with E-state index in [0.717, 1.165) is 0 Å². The number of carbonyl (C=O) groups is 2. The summed E-state index contributed by atoms with van der Waals surface area (Å²) in [6.45, 7) is 3.34. The number of aliphatic hydroxyl groups excluding tert-OH is 4. The van der Waals surface area contributed by atoms with Gasteiger partial charge in [0.1, 0.15) is 24.2 Å². The van der Waals surface area contributed by atoms with Crippen molar-refractivity contribution in [2.75, 3.05) is 0 Å². The van der Waals surface area contributed by atoms with Gasteiger partial charge in [0.25, 0.3) is 0 Å². The van der Waals surface area contributed by atoms with Crippen LogP contribution in [-0.4, -0.2) is 122 Å². The molecule has 14 atom stereocenters. The molecule has 14 nitrogen and oxygen atoms in total. The number of ether oxygens (including phenoxy) is 5. The minimum Gasteiger partial charge on any atom is -0.481 e. The van der Waals surface area contributed by atoms with E-state index < -0.39 is 97.3 Å². The van der Waals surface area contributed by atoms with Crippen LogP contribution in [0, 0.1) is 5.92 Å². The van der Waals surface area contributed by atoms with Crippen molar-refractivity contribution < 1.29 is 63.9 Å². The monoisotopic (exact) mass is 665 g/mol. The summed E-state index contributed by atoms with van der Waals surface area (Å²) >= 11 is 0. The zero-order valence-electron chi connectivity index (χ0n) is 26.4. The molecule has 0 aromatic rings. The van der Waals surface area contributed by atoms with Crippen LogP contribution < -0.4 is 5.73 Å². The number of rotatable bonds is 3. The molecule has 0 aromatic heterocycles. The number of carboxylic acid groups (broad SMARTS) is 1. The van der Waals surface area contributed by atoms with Crippen LogP contribution in [0.4, 0.5) is 0 Å². The van der Waals surface area contributed by atoms with Gasteiger partial charge in [-0.3, -0.25) is 4.79 Å². The van der Waals surface area contributed by atoms with Gasteiger partial charge in [0.15, 0.2) is 12.1 Å². The number of carboxylic acids is 1. The first-order valence-electron chi connectivity index (χ1n) is 15.9. The van der Waals surface area contributed by atoms with Gasteiger partial charge in [-0.2, -0.15) is 0 Å². The molecule has 4 aliphatic heterocycles. The molecule has 4 rings (SSSR count). The topological polar surface area (TPSA) is 231 Å². The highest BCUT2D eigenvalue weighted by Crippen LogP contribution is 2.39. The third kappa shape index (κ3) is 10.6. The Morgan fingerprint density at radius 3 is 2.36 bits per heavy atom. The van der Waals surface area contributed by atoms with Gasteiger partial charge in [-0.05, 0) is 19.9 Å². The number of cyclic esters (lactones) is 1. The predicted molar refractivity (Wildman–Crippen MR) is 165 cm³/mol. The average molecular weight is 666 g/mol. The molecule has 8 N–H and O–H groups in total. The van der Waals surface area contributed by atoms with Crippen LogP contribution in [0.25, 0.3) is 0 Å². The molecular formula is C33H47NO13. The molecule has 0 amide bonds. The van der Waals surface area contributed by atoms with E-state index in [2.05, 4.69) is 0 Å². The van der Waals surface area contributed by atoms with Crippen LogP contribution in [-0.2, 0) is 33.3 Å². The molecule has 2 bridgehead atoms. The maximum Gasteiger partial charge on any atom is 0.330 e. The quantitative estimate of drug-likeness (QED) is 0.157. The van der Waals surface area contributed by atoms with Crippen molar-refractivity contribution in [2.45, 2.75) is 125 Å². The summed E-state index contributed by atoms with van der Waals surface area (Å²) in [7, 11) is 0. The van der Waals surface area contributed by atoms with Crippen LogP contribution in [0.2, 0.25) is 0 Å². The Hall–Kier alpha value is -2.76. The zero-order valence-corrected chi connectivity index (χ0v) is 26.4. The van der Waals surface area contributed by atoms with Gasteiger partial charge in [0.05, 0.1) is 48.8 Å². The Kier molecular flexibility index (Phi) is 13.1. The van der Waals surface area contributed by atoms with Crippen LogP contribution in [0.1, 0.15) is 46.0 Å². The lowest BCUT2D eigenvalue weighted by atomic mass is 9.83. The molecule has 47 heavy (non-hydrogen) atoms. The smallest absolute Gasteiger partial charge is 0.330 e. The van der Waals surface area contributed by atoms with Crippen molar-refractivity contribution >= 4 is 11.9 Å². The minimum atomic E-state index is -2.10. The van der Waals surface area contributed by atoms with Crippen LogP contribution in [0.5, 0.6) is 0 Å². The summed E-state index contributed by atoms with van der Waals surface area (Å²) in [6.07, 6.45) is 5.25. The highest BCUT2D eigenvalue weighted by atomic mass is 16.7. The van der Waals surface area contributed by atoms with Crippen LogP contribution in [0.3, 0.4) is 0 Å². The number of nitrogens with two attached hydrogens (primary N) is 1. The summed E-state index contributed by atoms with van der Waals surface area (Å²) in [4.78, 5) is 24.4. The highest BCUT2D eigenvalue weighted by Gasteiger charge is 2.51. The van der Waals surface area contributed by atoms with Crippen molar-refractivity contribution in [1.29, 1.82) is 0 Å². The standard InChI is InChI=1S/C33H47NO13/c1-18-10-8-6-4-3-5-7-9-11-21(45-32-30(39)28(34)29(38)19(2)44-32)15-25-27(31(40)41)22(36)17-33(42,47-25)16-20(35)14-24-23(46-24)12-13-26(37)43-18/h3-9,11-13,18-25,27-30,32,35-36,38-39,42H,10,14-17,34H2,1-2H3,(H,40,41)/t18?,19?,20?,21?,22?,23?,24?,25?,27?,28?,29?,30?,32?,33-/m1/s1. The molecule has 0 saturated carbocycles. The first-order valence-corrected chi connectivity index (χ1v) is 15.9. The SMILES string of the molecule is CC1CC=CC=CC=CC=CC(OC2OC(C)C(O)C(N)C2O)CC2O[C@](O)(CC(O)CC3OC3C=CC(=O)O1)CC(O)C2C(=O)O. The van der Waals surface area contributed by atoms with Gasteiger partial charge >= 0.3 is 11.9 Å². The fourth-order valence-electron chi connectivity index (χ4n) is 6.00. The average Bonchev–Trinajstić information content (AvgIpc) is 3.72. The van der Waals surface area contributed by atoms with E-state index in [1.807, 2.05) is 6.08 Å². The van der Waals surface area contributed by atoms with Crippen LogP contribution >= 0.6 is 0 Å². The zero-order chi connectivity index (χ0) is 34.3. The van der Waals surface area contributed by atoms with Crippen molar-refractivity contribution in [3.8, 4) is 0 Å². The molecule has 0 aromatic carbocycles. The Bertz CT molecular complexity index is 1220. The number of epoxide rings is 1. The number of carbonyl (C=O) groups excluding carboxylic acids is 1. The van der Waals surface area contributed by atoms with Gasteiger partial charge in [-0.25, -0.2) is 4.79 Å². The molecule has 0 aliphatic carbocycles. The van der Waals surface area contributed by atoms with Crippen molar-refractivity contribution in [1.82, 2.24) is 0 Å². The number of esters is 1. The second-order valence-corrected chi connectivity index (χ2v) is 12.6. The molecule has 3 fully saturated rings. The summed E-state index contributed by atoms with van der Waals surface area (Å²) in [6, 6.07) is -1.08. The number of allylic oxidation sites excluding steroid dienone is 6. The van der Waals surface area contributed by atoms with Crippen molar-refractivity contribution in [3.05, 3.63) is 60.8 Å². The maximum atomic E-state index is 12.3. The Morgan fingerprint density at radius 1 is 0.936 bits per heavy atom. The first kappa shape index (κ1) is 37.1. The van der Waals surface area contributed by atoms with E-state index in [1.165, 1.54) is 12.2 Å². The molecule has 4 aliphatic rings. The van der Waals surface area contributed by atoms with Gasteiger partial charge in [0.2, 0.25) is 0 Å². The van der Waals surface area contributed by atoms with E-state index in [4.69, 9.17) is 29.4 Å². The Balaban J connectivity index is 1.58. The summed E-state index contributed by atoms with van der Waals surface area (Å²) in [5, 5.41) is 63.9. The predicted octanol–water partition coefficient (Wildman–Crippen LogP) is 0.120. The van der Waals surface area contributed by atoms with E-state index in [9.17, 15) is 40.2 Å². The molecule has 0 spiro atoms. The van der Waals surface area contributed by atoms with Crippen molar-refractivity contribution in [2.24, 2.45) is 11.7 Å². The molecular weight excluding hydrogens is 618 g/mol. The van der Waals surface area contributed by atoms with Crippen LogP contribution in [0.15, 0.2) is 60.8 Å². The first-order chi connectivity index (χ1) is 22.3. The second-order valence-electron chi connectivity index (χ2n) is 12.6. The Morgan fingerprint density at radius 2 is 1.64 bits per heavy atom. The van der Waals surface area contributed by atoms with Gasteiger partial charge in [-0.1, -0.05) is 48.6 Å². The summed E-state index contributed by atoms with van der Waals surface area (Å²) in [5.74, 6) is -5.45. The summed E-state index contributed by atoms with van der Waals surface area (Å²) in [5.41, 5.74) is 5.98. The molecule has 262 valence electrons. The number of aliphatic hydroxyl groups is 5. The van der Waals surface area contributed by atoms with E-state index in [1.54, 1.807) is 56.4 Å². The number of hydrogen-bond acceptors (Lipinski definition) is 13. The summed E-state index contributed by atoms with van der Waals surface area (Å²) < 4.78 is 28.5. The largest absolute Gasteiger partial charge is 0.481 e. The highest BCUT2D eigenvalue weighted by molar-refractivity contribution is 5.82. The third-order valence-corrected chi connectivity index (χ3v) is 8.58. The van der Waals surface area contributed by atoms with Crippen molar-refractivity contribution in [3.63, 3.8) is 0 Å². The lowest BCUT2D eigenvalue weighted by Crippen LogP contribution is -2.61. The number of aliphatic carboxylic acids is 1. The fourth-order valence-corrected chi connectivity index (χ4v) is 6.00. The van der Waals surface area contributed by atoms with E-state index in [-0.39, 0.29) is 25.4 Å².